The van der Waals surface area contributed by atoms with E-state index in [1.165, 1.54) is 28.7 Å². The molecule has 3 aromatic rings. The van der Waals surface area contributed by atoms with Crippen molar-refractivity contribution in [1.29, 1.82) is 0 Å². The Balaban J connectivity index is 1.48. The molecule has 0 aliphatic heterocycles. The van der Waals surface area contributed by atoms with Crippen LogP contribution in [-0.2, 0) is 22.4 Å². The summed E-state index contributed by atoms with van der Waals surface area (Å²) < 4.78 is 1.35. The fourth-order valence-electron chi connectivity index (χ4n) is 5.77. The molecule has 0 bridgehead atoms. The summed E-state index contributed by atoms with van der Waals surface area (Å²) in [6, 6.07) is 11.2. The number of nitrogens with zero attached hydrogens (tertiary/aromatic N) is 2. The number of hydrogen-bond donors (Lipinski definition) is 4. The van der Waals surface area contributed by atoms with E-state index in [0.717, 1.165) is 36.1 Å². The van der Waals surface area contributed by atoms with Crippen LogP contribution >= 0.6 is 11.3 Å². The highest BCUT2D eigenvalue weighted by Crippen LogP contribution is 2.32. The number of thiophene rings is 1. The zero-order valence-electron chi connectivity index (χ0n) is 25.2. The highest BCUT2D eigenvalue weighted by molar-refractivity contribution is 7.10. The van der Waals surface area contributed by atoms with Crippen LogP contribution in [0.5, 0.6) is 0 Å². The Bertz CT molecular complexity index is 1300. The lowest BCUT2D eigenvalue weighted by atomic mass is 9.83. The Kier molecular flexibility index (Phi) is 12.1. The molecule has 4 rings (SSSR count). The molecule has 2 aromatic heterocycles. The van der Waals surface area contributed by atoms with E-state index in [1.807, 2.05) is 61.7 Å². The predicted octanol–water partition coefficient (Wildman–Crippen LogP) is 4.42. The van der Waals surface area contributed by atoms with E-state index in [2.05, 4.69) is 15.6 Å². The topological polar surface area (TPSA) is 139 Å². The van der Waals surface area contributed by atoms with E-state index in [4.69, 9.17) is 5.73 Å². The second-order valence-electron chi connectivity index (χ2n) is 12.1. The van der Waals surface area contributed by atoms with Gasteiger partial charge in [0.25, 0.3) is 0 Å². The molecule has 1 aromatic carbocycles. The highest BCUT2D eigenvalue weighted by Gasteiger charge is 2.31. The number of nitrogens with two attached hydrogens (primary N) is 1. The summed E-state index contributed by atoms with van der Waals surface area (Å²) in [6.07, 6.45) is 9.24. The van der Waals surface area contributed by atoms with E-state index in [-0.39, 0.29) is 36.5 Å². The van der Waals surface area contributed by atoms with Gasteiger partial charge < -0.3 is 21.5 Å². The third kappa shape index (κ3) is 9.84. The molecule has 232 valence electrons. The lowest BCUT2D eigenvalue weighted by Crippen LogP contribution is -2.52. The Labute approximate surface area is 258 Å². The van der Waals surface area contributed by atoms with Gasteiger partial charge in [0.15, 0.2) is 0 Å². The molecule has 2 heterocycles. The molecule has 43 heavy (non-hydrogen) atoms. The minimum absolute atomic E-state index is 0.0924. The molecule has 0 saturated heterocycles. The van der Waals surface area contributed by atoms with Crippen molar-refractivity contribution in [3.63, 3.8) is 0 Å². The molecule has 1 aliphatic rings. The quantitative estimate of drug-likeness (QED) is 0.214. The van der Waals surface area contributed by atoms with Crippen LogP contribution < -0.4 is 16.4 Å². The summed E-state index contributed by atoms with van der Waals surface area (Å²) in [6.45, 7) is 3.89. The monoisotopic (exact) mass is 607 g/mol. The Morgan fingerprint density at radius 1 is 1.05 bits per heavy atom. The lowest BCUT2D eigenvalue weighted by Gasteiger charge is -2.31. The van der Waals surface area contributed by atoms with Crippen molar-refractivity contribution < 1.29 is 19.5 Å². The summed E-state index contributed by atoms with van der Waals surface area (Å²) in [5.41, 5.74) is 7.65. The molecular weight excluding hydrogens is 562 g/mol. The van der Waals surface area contributed by atoms with Crippen LogP contribution in [0.4, 0.5) is 0 Å². The van der Waals surface area contributed by atoms with Crippen molar-refractivity contribution in [2.45, 2.75) is 95.9 Å². The number of aliphatic hydroxyl groups is 1. The average molecular weight is 608 g/mol. The molecule has 1 aliphatic carbocycles. The third-order valence-electron chi connectivity index (χ3n) is 8.02. The Morgan fingerprint density at radius 2 is 1.79 bits per heavy atom. The standard InChI is InChI=1S/C33H45N5O4S/c1-22(2)16-30(39)36-28(19-25-20-38(21-35-25)33(42)26(34)17-23-10-5-3-6-11-23)32(41)37-27(18-24-12-7-4-8-13-24)31(40)29-14-9-15-43-29/h3,5-6,9-11,14-15,20-22,24,26-28,31,40H,4,7-8,12-13,16-19,34H2,1-2H3,(H,36,39)(H,37,41)/t26-,27+,28-,31-/m0/s1. The molecule has 4 atom stereocenters. The van der Waals surface area contributed by atoms with Gasteiger partial charge >= 0.3 is 0 Å². The first-order chi connectivity index (χ1) is 20.7. The number of hydrogen-bond acceptors (Lipinski definition) is 7. The number of carbonyl (C=O) groups excluding carboxylic acids is 3. The van der Waals surface area contributed by atoms with Gasteiger partial charge in [0.05, 0.1) is 17.8 Å². The summed E-state index contributed by atoms with van der Waals surface area (Å²) in [5.74, 6) is -0.386. The first-order valence-electron chi connectivity index (χ1n) is 15.4. The molecule has 0 radical (unpaired) electrons. The van der Waals surface area contributed by atoms with Gasteiger partial charge in [-0.2, -0.15) is 0 Å². The SMILES string of the molecule is CC(C)CC(=O)N[C@@H](Cc1cn(C(=O)[C@@H](N)Cc2ccccc2)cn1)C(=O)N[C@H](CC1CCCCC1)[C@H](O)c1cccs1. The Morgan fingerprint density at radius 3 is 2.47 bits per heavy atom. The van der Waals surface area contributed by atoms with E-state index in [1.54, 1.807) is 6.20 Å². The number of nitrogens with one attached hydrogen (secondary N) is 2. The Hall–Kier alpha value is -3.34. The van der Waals surface area contributed by atoms with E-state index < -0.39 is 24.2 Å². The van der Waals surface area contributed by atoms with Crippen LogP contribution in [0.1, 0.15) is 85.8 Å². The molecule has 0 unspecified atom stereocenters. The molecule has 1 saturated carbocycles. The summed E-state index contributed by atoms with van der Waals surface area (Å²) in [4.78, 5) is 44.8. The normalized spacial score (nSPS) is 16.8. The van der Waals surface area contributed by atoms with Crippen molar-refractivity contribution in [2.75, 3.05) is 0 Å². The van der Waals surface area contributed by atoms with Gasteiger partial charge in [-0.1, -0.05) is 82.3 Å². The number of imidazole rings is 1. The van der Waals surface area contributed by atoms with Gasteiger partial charge in [-0.05, 0) is 41.7 Å². The smallest absolute Gasteiger partial charge is 0.249 e. The average Bonchev–Trinajstić information content (AvgIpc) is 3.69. The van der Waals surface area contributed by atoms with Crippen LogP contribution in [0.2, 0.25) is 0 Å². The zero-order valence-corrected chi connectivity index (χ0v) is 26.0. The van der Waals surface area contributed by atoms with Crippen molar-refractivity contribution in [2.24, 2.45) is 17.6 Å². The molecule has 9 nitrogen and oxygen atoms in total. The number of aromatic nitrogens is 2. The number of carbonyl (C=O) groups is 3. The highest BCUT2D eigenvalue weighted by atomic mass is 32.1. The zero-order chi connectivity index (χ0) is 30.8. The minimum Gasteiger partial charge on any atom is -0.385 e. The maximum atomic E-state index is 13.8. The lowest BCUT2D eigenvalue weighted by molar-refractivity contribution is -0.130. The van der Waals surface area contributed by atoms with E-state index in [9.17, 15) is 19.5 Å². The van der Waals surface area contributed by atoms with Crippen LogP contribution in [0.3, 0.4) is 0 Å². The maximum absolute atomic E-state index is 13.8. The second-order valence-corrected chi connectivity index (χ2v) is 13.1. The van der Waals surface area contributed by atoms with E-state index >= 15 is 0 Å². The maximum Gasteiger partial charge on any atom is 0.249 e. The van der Waals surface area contributed by atoms with Crippen molar-refractivity contribution in [1.82, 2.24) is 20.2 Å². The summed E-state index contributed by atoms with van der Waals surface area (Å²) >= 11 is 1.46. The molecule has 10 heteroatoms. The summed E-state index contributed by atoms with van der Waals surface area (Å²) in [5, 5.41) is 19.2. The van der Waals surface area contributed by atoms with E-state index in [0.29, 0.717) is 24.5 Å². The third-order valence-corrected chi connectivity index (χ3v) is 8.96. The van der Waals surface area contributed by atoms with Gasteiger partial charge in [-0.25, -0.2) is 4.98 Å². The van der Waals surface area contributed by atoms with Gasteiger partial charge in [0.2, 0.25) is 17.7 Å². The molecular formula is C33H45N5O4S. The van der Waals surface area contributed by atoms with Crippen molar-refractivity contribution >= 4 is 29.1 Å². The first-order valence-corrected chi connectivity index (χ1v) is 16.2. The number of benzene rings is 1. The number of rotatable bonds is 14. The molecule has 1 fully saturated rings. The minimum atomic E-state index is -0.924. The summed E-state index contributed by atoms with van der Waals surface area (Å²) in [7, 11) is 0. The molecule has 2 amide bonds. The van der Waals surface area contributed by atoms with Crippen LogP contribution in [0.15, 0.2) is 60.4 Å². The first kappa shape index (κ1) is 32.6. The second kappa shape index (κ2) is 15.9. The fraction of sp³-hybridized carbons (Fsp3) is 0.515. The van der Waals surface area contributed by atoms with Crippen LogP contribution in [-0.4, -0.2) is 50.5 Å². The van der Waals surface area contributed by atoms with Crippen molar-refractivity contribution in [3.05, 3.63) is 76.5 Å². The van der Waals surface area contributed by atoms with Gasteiger partial charge in [-0.15, -0.1) is 11.3 Å². The van der Waals surface area contributed by atoms with Gasteiger partial charge in [0.1, 0.15) is 18.5 Å². The predicted molar refractivity (Wildman–Crippen MR) is 168 cm³/mol. The van der Waals surface area contributed by atoms with Crippen LogP contribution in [0.25, 0.3) is 0 Å². The molecule has 5 N–H and O–H groups in total. The largest absolute Gasteiger partial charge is 0.385 e. The number of aliphatic hydroxyl groups excluding tert-OH is 1. The van der Waals surface area contributed by atoms with Crippen LogP contribution in [0, 0.1) is 11.8 Å². The van der Waals surface area contributed by atoms with Gasteiger partial charge in [0, 0.05) is 23.9 Å². The van der Waals surface area contributed by atoms with Crippen molar-refractivity contribution in [3.8, 4) is 0 Å². The molecule has 0 spiro atoms. The van der Waals surface area contributed by atoms with Gasteiger partial charge in [-0.3, -0.25) is 19.0 Å². The fourth-order valence-corrected chi connectivity index (χ4v) is 6.54. The number of amides is 2.